The van der Waals surface area contributed by atoms with E-state index in [0.29, 0.717) is 0 Å². The summed E-state index contributed by atoms with van der Waals surface area (Å²) < 4.78 is 0. The molecule has 0 bridgehead atoms. The molecule has 8 heavy (non-hydrogen) atoms. The van der Waals surface area contributed by atoms with Crippen molar-refractivity contribution in [1.29, 1.82) is 0 Å². The quantitative estimate of drug-likeness (QED) is 0.408. The highest BCUT2D eigenvalue weighted by molar-refractivity contribution is 6.21. The Hall–Kier alpha value is -0.0800. The molecular weight excluding hydrogens is 126 g/mol. The van der Waals surface area contributed by atoms with E-state index in [9.17, 15) is 4.79 Å². The van der Waals surface area contributed by atoms with E-state index in [4.69, 9.17) is 11.6 Å². The predicted octanol–water partition coefficient (Wildman–Crippen LogP) is 0.155. The van der Waals surface area contributed by atoms with Crippen LogP contribution in [0.1, 0.15) is 6.42 Å². The Morgan fingerprint density at radius 2 is 2.50 bits per heavy atom. The second-order valence-electron chi connectivity index (χ2n) is 1.98. The number of halogens is 1. The third kappa shape index (κ3) is 1.20. The molecule has 0 spiro atoms. The van der Waals surface area contributed by atoms with E-state index in [-0.39, 0.29) is 11.4 Å². The summed E-state index contributed by atoms with van der Waals surface area (Å²) in [5.41, 5.74) is 0. The smallest absolute Gasteiger partial charge is 0.136 e. The maximum Gasteiger partial charge on any atom is 0.136 e. The number of nitrogens with one attached hydrogen (secondary N) is 1. The molecule has 46 valence electrons. The van der Waals surface area contributed by atoms with Crippen LogP contribution in [0.25, 0.3) is 0 Å². The molecule has 1 saturated heterocycles. The zero-order chi connectivity index (χ0) is 5.98. The summed E-state index contributed by atoms with van der Waals surface area (Å²) in [6, 6.07) is 0.0116. The molecule has 0 unspecified atom stereocenters. The van der Waals surface area contributed by atoms with Crippen molar-refractivity contribution < 1.29 is 4.79 Å². The number of carbonyl (C=O) groups is 1. The number of carbonyl (C=O) groups excluding carboxylic acids is 1. The topological polar surface area (TPSA) is 29.1 Å². The van der Waals surface area contributed by atoms with Crippen molar-refractivity contribution in [2.75, 3.05) is 6.54 Å². The van der Waals surface area contributed by atoms with E-state index >= 15 is 0 Å². The van der Waals surface area contributed by atoms with Crippen LogP contribution in [0, 0.1) is 0 Å². The molecule has 3 heteroatoms. The van der Waals surface area contributed by atoms with Crippen LogP contribution in [0.3, 0.4) is 0 Å². The summed E-state index contributed by atoms with van der Waals surface area (Å²) in [5, 5.41) is 3.11. The Balaban J connectivity index is 2.32. The van der Waals surface area contributed by atoms with Crippen LogP contribution < -0.4 is 5.32 Å². The molecule has 1 N–H and O–H groups in total. The summed E-state index contributed by atoms with van der Waals surface area (Å²) in [4.78, 5) is 10.0. The van der Waals surface area contributed by atoms with E-state index in [1.54, 1.807) is 0 Å². The normalized spacial score (nSPS) is 37.6. The fourth-order valence-corrected chi connectivity index (χ4v) is 1.11. The molecule has 2 nitrogen and oxygen atoms in total. The van der Waals surface area contributed by atoms with Crippen LogP contribution in [0.5, 0.6) is 0 Å². The molecule has 1 rings (SSSR count). The molecule has 0 amide bonds. The van der Waals surface area contributed by atoms with Gasteiger partial charge in [0.1, 0.15) is 6.29 Å². The molecule has 1 aliphatic rings. The fraction of sp³-hybridized carbons (Fsp3) is 0.800. The number of alkyl halides is 1. The van der Waals surface area contributed by atoms with Gasteiger partial charge in [-0.2, -0.15) is 0 Å². The van der Waals surface area contributed by atoms with Gasteiger partial charge in [0.05, 0.1) is 6.04 Å². The van der Waals surface area contributed by atoms with Crippen molar-refractivity contribution in [3.8, 4) is 0 Å². The first-order chi connectivity index (χ1) is 3.83. The van der Waals surface area contributed by atoms with Gasteiger partial charge in [0.15, 0.2) is 0 Å². The minimum absolute atomic E-state index is 0.0116. The average Bonchev–Trinajstić information content (AvgIpc) is 2.14. The van der Waals surface area contributed by atoms with E-state index in [2.05, 4.69) is 5.32 Å². The van der Waals surface area contributed by atoms with Crippen LogP contribution in [-0.2, 0) is 4.79 Å². The Kier molecular flexibility index (Phi) is 1.86. The minimum atomic E-state index is 0.0116. The zero-order valence-corrected chi connectivity index (χ0v) is 5.19. The molecule has 1 aliphatic heterocycles. The second-order valence-corrected chi connectivity index (χ2v) is 2.60. The van der Waals surface area contributed by atoms with Gasteiger partial charge in [-0.25, -0.2) is 0 Å². The maximum absolute atomic E-state index is 10.0. The Bertz CT molecular complexity index is 96.4. The summed E-state index contributed by atoms with van der Waals surface area (Å²) in [7, 11) is 0. The lowest BCUT2D eigenvalue weighted by molar-refractivity contribution is -0.109. The lowest BCUT2D eigenvalue weighted by Gasteiger charge is -1.94. The molecule has 2 atom stereocenters. The van der Waals surface area contributed by atoms with Gasteiger partial charge in [-0.05, 0) is 6.42 Å². The first-order valence-electron chi connectivity index (χ1n) is 2.65. The summed E-state index contributed by atoms with van der Waals surface area (Å²) in [6.45, 7) is 0.769. The van der Waals surface area contributed by atoms with Gasteiger partial charge in [-0.3, -0.25) is 0 Å². The van der Waals surface area contributed by atoms with E-state index < -0.39 is 0 Å². The number of hydrogen-bond donors (Lipinski definition) is 1. The molecule has 1 heterocycles. The van der Waals surface area contributed by atoms with Gasteiger partial charge >= 0.3 is 0 Å². The molecule has 0 aromatic rings. The molecule has 1 fully saturated rings. The Labute approximate surface area is 53.2 Å². The summed E-state index contributed by atoms with van der Waals surface area (Å²) >= 11 is 5.66. The first kappa shape index (κ1) is 6.05. The fourth-order valence-electron chi connectivity index (χ4n) is 0.825. The largest absolute Gasteiger partial charge is 0.306 e. The van der Waals surface area contributed by atoms with Gasteiger partial charge in [0.2, 0.25) is 0 Å². The standard InChI is InChI=1S/C5H8ClNO/c6-4-1-5(3-8)7-2-4/h3-5,7H,1-2H2/t4-,5+/m1/s1. The van der Waals surface area contributed by atoms with Crippen LogP contribution in [0.15, 0.2) is 0 Å². The monoisotopic (exact) mass is 133 g/mol. The Morgan fingerprint density at radius 1 is 1.75 bits per heavy atom. The van der Waals surface area contributed by atoms with Gasteiger partial charge in [0, 0.05) is 11.9 Å². The molecular formula is C5H8ClNO. The minimum Gasteiger partial charge on any atom is -0.306 e. The van der Waals surface area contributed by atoms with E-state index in [1.807, 2.05) is 0 Å². The van der Waals surface area contributed by atoms with Crippen LogP contribution in [0.2, 0.25) is 0 Å². The van der Waals surface area contributed by atoms with Crippen molar-refractivity contribution >= 4 is 17.9 Å². The van der Waals surface area contributed by atoms with E-state index in [1.165, 1.54) is 0 Å². The summed E-state index contributed by atoms with van der Waals surface area (Å²) in [5.74, 6) is 0. The number of hydrogen-bond acceptors (Lipinski definition) is 2. The maximum atomic E-state index is 10.0. The third-order valence-electron chi connectivity index (χ3n) is 1.28. The van der Waals surface area contributed by atoms with Crippen molar-refractivity contribution in [3.63, 3.8) is 0 Å². The van der Waals surface area contributed by atoms with Crippen molar-refractivity contribution in [2.24, 2.45) is 0 Å². The van der Waals surface area contributed by atoms with Crippen LogP contribution in [-0.4, -0.2) is 24.2 Å². The number of rotatable bonds is 1. The molecule has 0 radical (unpaired) electrons. The van der Waals surface area contributed by atoms with Crippen LogP contribution in [0.4, 0.5) is 0 Å². The predicted molar refractivity (Wildman–Crippen MR) is 32.1 cm³/mol. The third-order valence-corrected chi connectivity index (χ3v) is 1.61. The highest BCUT2D eigenvalue weighted by Gasteiger charge is 2.20. The van der Waals surface area contributed by atoms with Crippen molar-refractivity contribution in [2.45, 2.75) is 17.8 Å². The lowest BCUT2D eigenvalue weighted by atomic mass is 10.2. The Morgan fingerprint density at radius 3 is 2.75 bits per heavy atom. The SMILES string of the molecule is O=C[C@@H]1C[C@@H](Cl)CN1. The lowest BCUT2D eigenvalue weighted by Crippen LogP contribution is -2.22. The second kappa shape index (κ2) is 2.46. The molecule has 0 aliphatic carbocycles. The zero-order valence-electron chi connectivity index (χ0n) is 4.43. The highest BCUT2D eigenvalue weighted by atomic mass is 35.5. The molecule has 0 saturated carbocycles. The van der Waals surface area contributed by atoms with Gasteiger partial charge in [0.25, 0.3) is 0 Å². The van der Waals surface area contributed by atoms with Crippen molar-refractivity contribution in [1.82, 2.24) is 5.32 Å². The number of aldehydes is 1. The van der Waals surface area contributed by atoms with Crippen molar-refractivity contribution in [3.05, 3.63) is 0 Å². The summed E-state index contributed by atoms with van der Waals surface area (Å²) in [6.07, 6.45) is 1.69. The van der Waals surface area contributed by atoms with Crippen LogP contribution >= 0.6 is 11.6 Å². The molecule has 0 aromatic heterocycles. The first-order valence-corrected chi connectivity index (χ1v) is 3.09. The van der Waals surface area contributed by atoms with Gasteiger partial charge < -0.3 is 10.1 Å². The molecule has 0 aromatic carbocycles. The van der Waals surface area contributed by atoms with Gasteiger partial charge in [-0.15, -0.1) is 11.6 Å². The van der Waals surface area contributed by atoms with E-state index in [0.717, 1.165) is 19.3 Å². The van der Waals surface area contributed by atoms with Gasteiger partial charge in [-0.1, -0.05) is 0 Å². The highest BCUT2D eigenvalue weighted by Crippen LogP contribution is 2.09. The average molecular weight is 134 g/mol.